The Bertz CT molecular complexity index is 698. The fraction of sp³-hybridized carbons (Fsp3) is 0.571. The molecule has 0 atom stereocenters. The van der Waals surface area contributed by atoms with Crippen molar-refractivity contribution in [3.8, 4) is 11.5 Å². The van der Waals surface area contributed by atoms with Gasteiger partial charge in [-0.3, -0.25) is 9.69 Å². The topological polar surface area (TPSA) is 60.0 Å². The SMILES string of the molecule is COc1cc(/C=C/C(=O)NCC(C)(C)N2CCOCC2)cc(Cl)c1OC(C)C. The van der Waals surface area contributed by atoms with E-state index in [1.54, 1.807) is 25.3 Å². The molecule has 1 aliphatic heterocycles. The summed E-state index contributed by atoms with van der Waals surface area (Å²) in [4.78, 5) is 14.6. The zero-order valence-corrected chi connectivity index (χ0v) is 18.1. The first-order chi connectivity index (χ1) is 13.2. The third kappa shape index (κ3) is 6.40. The quantitative estimate of drug-likeness (QED) is 0.666. The van der Waals surface area contributed by atoms with E-state index in [9.17, 15) is 4.79 Å². The summed E-state index contributed by atoms with van der Waals surface area (Å²) >= 11 is 6.32. The van der Waals surface area contributed by atoms with E-state index in [0.717, 1.165) is 31.9 Å². The summed E-state index contributed by atoms with van der Waals surface area (Å²) in [5.41, 5.74) is 0.635. The van der Waals surface area contributed by atoms with Gasteiger partial charge in [0.2, 0.25) is 5.91 Å². The lowest BCUT2D eigenvalue weighted by Gasteiger charge is -2.40. The van der Waals surface area contributed by atoms with Crippen molar-refractivity contribution in [2.45, 2.75) is 39.3 Å². The van der Waals surface area contributed by atoms with Crippen LogP contribution < -0.4 is 14.8 Å². The van der Waals surface area contributed by atoms with Crippen molar-refractivity contribution in [2.24, 2.45) is 0 Å². The van der Waals surface area contributed by atoms with E-state index in [2.05, 4.69) is 24.1 Å². The van der Waals surface area contributed by atoms with E-state index in [-0.39, 0.29) is 17.6 Å². The van der Waals surface area contributed by atoms with Crippen LogP contribution in [0.5, 0.6) is 11.5 Å². The molecule has 6 nitrogen and oxygen atoms in total. The van der Waals surface area contributed by atoms with Crippen molar-refractivity contribution in [2.75, 3.05) is 40.0 Å². The van der Waals surface area contributed by atoms with Gasteiger partial charge in [0, 0.05) is 31.2 Å². The Morgan fingerprint density at radius 2 is 2.04 bits per heavy atom. The number of amides is 1. The molecule has 1 N–H and O–H groups in total. The number of nitrogens with zero attached hydrogens (tertiary/aromatic N) is 1. The van der Waals surface area contributed by atoms with Crippen molar-refractivity contribution >= 4 is 23.6 Å². The average Bonchev–Trinajstić information content (AvgIpc) is 2.67. The molecule has 0 aliphatic carbocycles. The zero-order chi connectivity index (χ0) is 20.7. The number of hydrogen-bond donors (Lipinski definition) is 1. The van der Waals surface area contributed by atoms with E-state index < -0.39 is 0 Å². The molecule has 0 aromatic heterocycles. The molecule has 0 unspecified atom stereocenters. The van der Waals surface area contributed by atoms with Gasteiger partial charge in [-0.05, 0) is 51.5 Å². The lowest BCUT2D eigenvalue weighted by atomic mass is 10.0. The van der Waals surface area contributed by atoms with Gasteiger partial charge in [0.15, 0.2) is 11.5 Å². The van der Waals surface area contributed by atoms with Crippen LogP contribution in [0.15, 0.2) is 18.2 Å². The molecule has 156 valence electrons. The molecule has 1 amide bonds. The highest BCUT2D eigenvalue weighted by atomic mass is 35.5. The predicted molar refractivity (Wildman–Crippen MR) is 112 cm³/mol. The monoisotopic (exact) mass is 410 g/mol. The number of methoxy groups -OCH3 is 1. The zero-order valence-electron chi connectivity index (χ0n) is 17.4. The number of rotatable bonds is 8. The van der Waals surface area contributed by atoms with E-state index in [0.29, 0.717) is 23.1 Å². The maximum absolute atomic E-state index is 12.3. The van der Waals surface area contributed by atoms with Crippen LogP contribution in [0.1, 0.15) is 33.3 Å². The van der Waals surface area contributed by atoms with Crippen LogP contribution in [0.3, 0.4) is 0 Å². The maximum atomic E-state index is 12.3. The molecule has 1 heterocycles. The molecule has 0 saturated carbocycles. The molecule has 0 spiro atoms. The molecule has 28 heavy (non-hydrogen) atoms. The Hall–Kier alpha value is -1.76. The molecule has 0 bridgehead atoms. The molecule has 7 heteroatoms. The largest absolute Gasteiger partial charge is 0.493 e. The number of ether oxygens (including phenoxy) is 3. The van der Waals surface area contributed by atoms with E-state index in [1.807, 2.05) is 13.8 Å². The van der Waals surface area contributed by atoms with Gasteiger partial charge in [0.1, 0.15) is 0 Å². The lowest BCUT2D eigenvalue weighted by Crippen LogP contribution is -2.55. The standard InChI is InChI=1S/C21H31ClN2O4/c1-15(2)28-20-17(22)12-16(13-18(20)26-5)6-7-19(25)23-14-21(3,4)24-8-10-27-11-9-24/h6-7,12-13,15H,8-11,14H2,1-5H3,(H,23,25)/b7-6+. The van der Waals surface area contributed by atoms with E-state index >= 15 is 0 Å². The van der Waals surface area contributed by atoms with Gasteiger partial charge in [-0.25, -0.2) is 0 Å². The highest BCUT2D eigenvalue weighted by molar-refractivity contribution is 6.32. The summed E-state index contributed by atoms with van der Waals surface area (Å²) < 4.78 is 16.5. The minimum atomic E-state index is -0.154. The van der Waals surface area contributed by atoms with Gasteiger partial charge >= 0.3 is 0 Å². The second kappa shape index (κ2) is 10.1. The van der Waals surface area contributed by atoms with Crippen LogP contribution in [-0.4, -0.2) is 62.4 Å². The summed E-state index contributed by atoms with van der Waals surface area (Å²) in [6.07, 6.45) is 3.20. The third-order valence-corrected chi connectivity index (χ3v) is 4.88. The van der Waals surface area contributed by atoms with Gasteiger partial charge in [-0.1, -0.05) is 11.6 Å². The van der Waals surface area contributed by atoms with Crippen LogP contribution in [0, 0.1) is 0 Å². The molecule has 1 aliphatic rings. The normalized spacial score (nSPS) is 15.8. The van der Waals surface area contributed by atoms with Crippen LogP contribution in [0.2, 0.25) is 5.02 Å². The Kier molecular flexibility index (Phi) is 8.16. The van der Waals surface area contributed by atoms with Gasteiger partial charge < -0.3 is 19.5 Å². The van der Waals surface area contributed by atoms with Crippen molar-refractivity contribution in [1.29, 1.82) is 0 Å². The number of benzene rings is 1. The molecular formula is C21H31ClN2O4. The molecule has 1 fully saturated rings. The number of carbonyl (C=O) groups is 1. The number of hydrogen-bond acceptors (Lipinski definition) is 5. The Morgan fingerprint density at radius 1 is 1.36 bits per heavy atom. The number of halogens is 1. The smallest absolute Gasteiger partial charge is 0.244 e. The van der Waals surface area contributed by atoms with Crippen molar-refractivity contribution in [1.82, 2.24) is 10.2 Å². The van der Waals surface area contributed by atoms with Crippen molar-refractivity contribution in [3.05, 3.63) is 28.8 Å². The minimum Gasteiger partial charge on any atom is -0.493 e. The number of carbonyl (C=O) groups excluding carboxylic acids is 1. The summed E-state index contributed by atoms with van der Waals surface area (Å²) in [5.74, 6) is 0.890. The van der Waals surface area contributed by atoms with E-state index in [4.69, 9.17) is 25.8 Å². The first-order valence-corrected chi connectivity index (χ1v) is 9.93. The number of nitrogens with one attached hydrogen (secondary N) is 1. The molecule has 1 aromatic carbocycles. The summed E-state index contributed by atoms with van der Waals surface area (Å²) in [6.45, 7) is 11.9. The third-order valence-electron chi connectivity index (χ3n) is 4.59. The fourth-order valence-corrected chi connectivity index (χ4v) is 3.26. The Balaban J connectivity index is 1.98. The highest BCUT2D eigenvalue weighted by Crippen LogP contribution is 2.37. The van der Waals surface area contributed by atoms with Gasteiger partial charge in [0.05, 0.1) is 31.5 Å². The van der Waals surface area contributed by atoms with Crippen LogP contribution in [0.4, 0.5) is 0 Å². The maximum Gasteiger partial charge on any atom is 0.244 e. The lowest BCUT2D eigenvalue weighted by molar-refractivity contribution is -0.117. The van der Waals surface area contributed by atoms with Gasteiger partial charge in [-0.15, -0.1) is 0 Å². The molecule has 1 saturated heterocycles. The van der Waals surface area contributed by atoms with Crippen molar-refractivity contribution in [3.63, 3.8) is 0 Å². The van der Waals surface area contributed by atoms with Crippen LogP contribution >= 0.6 is 11.6 Å². The first kappa shape index (κ1) is 22.5. The predicted octanol–water partition coefficient (Wildman–Crippen LogP) is 3.38. The van der Waals surface area contributed by atoms with Crippen LogP contribution in [-0.2, 0) is 9.53 Å². The Labute approximate surface area is 172 Å². The highest BCUT2D eigenvalue weighted by Gasteiger charge is 2.28. The van der Waals surface area contributed by atoms with Gasteiger partial charge in [0.25, 0.3) is 0 Å². The van der Waals surface area contributed by atoms with E-state index in [1.165, 1.54) is 6.08 Å². The minimum absolute atomic E-state index is 0.0200. The summed E-state index contributed by atoms with van der Waals surface area (Å²) in [6, 6.07) is 3.55. The molecule has 0 radical (unpaired) electrons. The number of morpholine rings is 1. The fourth-order valence-electron chi connectivity index (χ4n) is 3.00. The molecular weight excluding hydrogens is 380 g/mol. The second-order valence-corrected chi connectivity index (χ2v) is 8.07. The van der Waals surface area contributed by atoms with Crippen molar-refractivity contribution < 1.29 is 19.0 Å². The van der Waals surface area contributed by atoms with Crippen LogP contribution in [0.25, 0.3) is 6.08 Å². The summed E-state index contributed by atoms with van der Waals surface area (Å²) in [7, 11) is 1.56. The second-order valence-electron chi connectivity index (χ2n) is 7.66. The molecule has 2 rings (SSSR count). The summed E-state index contributed by atoms with van der Waals surface area (Å²) in [5, 5.41) is 3.42. The van der Waals surface area contributed by atoms with Gasteiger partial charge in [-0.2, -0.15) is 0 Å². The average molecular weight is 411 g/mol. The first-order valence-electron chi connectivity index (χ1n) is 9.56. The Morgan fingerprint density at radius 3 is 2.64 bits per heavy atom. The molecule has 1 aromatic rings.